The number of aromatic nitrogens is 2. The zero-order chi connectivity index (χ0) is 16.7. The number of hydrogen-bond acceptors (Lipinski definition) is 4. The van der Waals surface area contributed by atoms with Crippen molar-refractivity contribution in [3.63, 3.8) is 0 Å². The van der Waals surface area contributed by atoms with Crippen molar-refractivity contribution in [1.29, 1.82) is 0 Å². The summed E-state index contributed by atoms with van der Waals surface area (Å²) in [7, 11) is 0. The Morgan fingerprint density at radius 3 is 2.78 bits per heavy atom. The molecule has 0 unspecified atom stereocenters. The maximum absolute atomic E-state index is 12.3. The summed E-state index contributed by atoms with van der Waals surface area (Å²) in [5, 5.41) is 6.52. The van der Waals surface area contributed by atoms with Gasteiger partial charge in [0.15, 0.2) is 0 Å². The molecule has 1 aromatic heterocycles. The third kappa shape index (κ3) is 5.53. The lowest BCUT2D eigenvalue weighted by molar-refractivity contribution is 0.102. The minimum Gasteiger partial charge on any atom is -0.354 e. The summed E-state index contributed by atoms with van der Waals surface area (Å²) in [6.07, 6.45) is 3.36. The summed E-state index contributed by atoms with van der Waals surface area (Å²) in [4.78, 5) is 20.9. The van der Waals surface area contributed by atoms with E-state index in [9.17, 15) is 4.79 Å². The average Bonchev–Trinajstić information content (AvgIpc) is 2.51. The molecule has 0 aliphatic carbocycles. The number of halogens is 1. The lowest BCUT2D eigenvalue weighted by atomic mass is 10.2. The van der Waals surface area contributed by atoms with E-state index in [0.29, 0.717) is 22.4 Å². The number of anilines is 2. The number of aryl methyl sites for hydroxylation is 1. The molecule has 1 heterocycles. The Kier molecular flexibility index (Phi) is 6.35. The maximum Gasteiger partial charge on any atom is 0.274 e. The minimum absolute atomic E-state index is 0.283. The van der Waals surface area contributed by atoms with E-state index in [1.807, 2.05) is 6.92 Å². The van der Waals surface area contributed by atoms with Crippen LogP contribution in [0.1, 0.15) is 42.4 Å². The molecule has 0 aliphatic heterocycles. The van der Waals surface area contributed by atoms with Crippen LogP contribution in [-0.2, 0) is 0 Å². The van der Waals surface area contributed by atoms with E-state index >= 15 is 0 Å². The number of nitrogens with zero attached hydrogens (tertiary/aromatic N) is 2. The number of carbonyl (C=O) groups is 1. The van der Waals surface area contributed by atoms with Crippen LogP contribution < -0.4 is 10.6 Å². The molecule has 0 aliphatic rings. The quantitative estimate of drug-likeness (QED) is 0.742. The molecule has 0 atom stereocenters. The molecule has 0 bridgehead atoms. The Bertz CT molecular complexity index is 675. The third-order valence-electron chi connectivity index (χ3n) is 3.23. The molecule has 2 rings (SSSR count). The van der Waals surface area contributed by atoms with E-state index in [0.717, 1.165) is 31.5 Å². The number of amides is 1. The van der Waals surface area contributed by atoms with Gasteiger partial charge < -0.3 is 10.6 Å². The van der Waals surface area contributed by atoms with Gasteiger partial charge in [-0.05, 0) is 37.6 Å². The first-order valence-electron chi connectivity index (χ1n) is 7.75. The highest BCUT2D eigenvalue weighted by Gasteiger charge is 2.11. The van der Waals surface area contributed by atoms with Gasteiger partial charge >= 0.3 is 0 Å². The molecule has 5 nitrogen and oxygen atoms in total. The van der Waals surface area contributed by atoms with E-state index < -0.39 is 0 Å². The van der Waals surface area contributed by atoms with Crippen LogP contribution in [0.5, 0.6) is 0 Å². The van der Waals surface area contributed by atoms with E-state index in [4.69, 9.17) is 11.6 Å². The number of carbonyl (C=O) groups excluding carboxylic acids is 1. The first-order valence-corrected chi connectivity index (χ1v) is 8.12. The fraction of sp³-hybridized carbons (Fsp3) is 0.353. The molecule has 6 heteroatoms. The fourth-order valence-corrected chi connectivity index (χ4v) is 2.29. The molecule has 2 aromatic rings. The molecule has 0 fully saturated rings. The van der Waals surface area contributed by atoms with Gasteiger partial charge in [0, 0.05) is 22.9 Å². The normalized spacial score (nSPS) is 10.4. The minimum atomic E-state index is -0.283. The summed E-state index contributed by atoms with van der Waals surface area (Å²) in [6.45, 7) is 4.79. The molecule has 0 spiro atoms. The molecule has 0 radical (unpaired) electrons. The highest BCUT2D eigenvalue weighted by Crippen LogP contribution is 2.16. The van der Waals surface area contributed by atoms with Crippen molar-refractivity contribution in [3.05, 3.63) is 46.7 Å². The Labute approximate surface area is 141 Å². The lowest BCUT2D eigenvalue weighted by Crippen LogP contribution is -2.16. The van der Waals surface area contributed by atoms with Gasteiger partial charge in [0.25, 0.3) is 5.91 Å². The third-order valence-corrected chi connectivity index (χ3v) is 3.47. The topological polar surface area (TPSA) is 66.9 Å². The number of nitrogens with one attached hydrogen (secondary N) is 2. The number of rotatable bonds is 7. The molecular weight excluding hydrogens is 312 g/mol. The first-order chi connectivity index (χ1) is 11.1. The van der Waals surface area contributed by atoms with Gasteiger partial charge in [-0.15, -0.1) is 0 Å². The van der Waals surface area contributed by atoms with Crippen LogP contribution in [0.2, 0.25) is 5.02 Å². The molecule has 23 heavy (non-hydrogen) atoms. The van der Waals surface area contributed by atoms with Crippen LogP contribution in [0, 0.1) is 6.92 Å². The van der Waals surface area contributed by atoms with Crippen LogP contribution in [0.25, 0.3) is 0 Å². The predicted octanol–water partition coefficient (Wildman–Crippen LogP) is 4.29. The number of benzene rings is 1. The van der Waals surface area contributed by atoms with Gasteiger partial charge in [-0.3, -0.25) is 4.79 Å². The second kappa shape index (κ2) is 8.48. The Balaban J connectivity index is 2.06. The van der Waals surface area contributed by atoms with Gasteiger partial charge in [0.1, 0.15) is 5.69 Å². The fourth-order valence-electron chi connectivity index (χ4n) is 2.10. The van der Waals surface area contributed by atoms with Crippen molar-refractivity contribution in [2.24, 2.45) is 0 Å². The molecule has 1 aromatic carbocycles. The van der Waals surface area contributed by atoms with Crippen molar-refractivity contribution in [2.45, 2.75) is 33.1 Å². The van der Waals surface area contributed by atoms with Crippen LogP contribution in [0.4, 0.5) is 11.6 Å². The van der Waals surface area contributed by atoms with Gasteiger partial charge in [-0.1, -0.05) is 37.4 Å². The lowest BCUT2D eigenvalue weighted by Gasteiger charge is -2.09. The monoisotopic (exact) mass is 332 g/mol. The second-order valence-electron chi connectivity index (χ2n) is 5.32. The summed E-state index contributed by atoms with van der Waals surface area (Å²) in [6, 6.07) is 8.67. The van der Waals surface area contributed by atoms with Gasteiger partial charge in [-0.2, -0.15) is 0 Å². The Morgan fingerprint density at radius 1 is 1.22 bits per heavy atom. The summed E-state index contributed by atoms with van der Waals surface area (Å²) < 4.78 is 0. The SMILES string of the molecule is CCCCCNc1nc(C)cc(C(=O)Nc2cccc(Cl)c2)n1. The van der Waals surface area contributed by atoms with Gasteiger partial charge in [-0.25, -0.2) is 9.97 Å². The van der Waals surface area contributed by atoms with Crippen molar-refractivity contribution >= 4 is 29.1 Å². The summed E-state index contributed by atoms with van der Waals surface area (Å²) in [5.74, 6) is 0.201. The molecule has 1 amide bonds. The zero-order valence-electron chi connectivity index (χ0n) is 13.4. The molecule has 2 N–H and O–H groups in total. The van der Waals surface area contributed by atoms with Gasteiger partial charge in [0.05, 0.1) is 0 Å². The molecule has 122 valence electrons. The van der Waals surface area contributed by atoms with Crippen LogP contribution in [-0.4, -0.2) is 22.4 Å². The zero-order valence-corrected chi connectivity index (χ0v) is 14.2. The van der Waals surface area contributed by atoms with Crippen molar-refractivity contribution < 1.29 is 4.79 Å². The standard InChI is InChI=1S/C17H21ClN4O/c1-3-4-5-9-19-17-20-12(2)10-15(22-17)16(23)21-14-8-6-7-13(18)11-14/h6-8,10-11H,3-5,9H2,1-2H3,(H,21,23)(H,19,20,22). The average molecular weight is 333 g/mol. The number of unbranched alkanes of at least 4 members (excludes halogenated alkanes) is 2. The van der Waals surface area contributed by atoms with Crippen molar-refractivity contribution in [2.75, 3.05) is 17.2 Å². The second-order valence-corrected chi connectivity index (χ2v) is 5.75. The van der Waals surface area contributed by atoms with Crippen molar-refractivity contribution in [1.82, 2.24) is 9.97 Å². The van der Waals surface area contributed by atoms with Crippen molar-refractivity contribution in [3.8, 4) is 0 Å². The van der Waals surface area contributed by atoms with Crippen LogP contribution in [0.15, 0.2) is 30.3 Å². The summed E-state index contributed by atoms with van der Waals surface area (Å²) >= 11 is 5.92. The molecular formula is C17H21ClN4O. The Hall–Kier alpha value is -2.14. The van der Waals surface area contributed by atoms with E-state index in [-0.39, 0.29) is 5.91 Å². The highest BCUT2D eigenvalue weighted by atomic mass is 35.5. The number of hydrogen-bond donors (Lipinski definition) is 2. The van der Waals surface area contributed by atoms with E-state index in [1.165, 1.54) is 0 Å². The smallest absolute Gasteiger partial charge is 0.274 e. The molecule has 0 saturated carbocycles. The maximum atomic E-state index is 12.3. The summed E-state index contributed by atoms with van der Waals surface area (Å²) in [5.41, 5.74) is 1.71. The van der Waals surface area contributed by atoms with E-state index in [1.54, 1.807) is 30.3 Å². The highest BCUT2D eigenvalue weighted by molar-refractivity contribution is 6.30. The van der Waals surface area contributed by atoms with Crippen LogP contribution >= 0.6 is 11.6 Å². The van der Waals surface area contributed by atoms with E-state index in [2.05, 4.69) is 27.5 Å². The van der Waals surface area contributed by atoms with Gasteiger partial charge in [0.2, 0.25) is 5.95 Å². The molecule has 0 saturated heterocycles. The first kappa shape index (κ1) is 17.2. The van der Waals surface area contributed by atoms with Crippen LogP contribution in [0.3, 0.4) is 0 Å². The Morgan fingerprint density at radius 2 is 2.04 bits per heavy atom. The largest absolute Gasteiger partial charge is 0.354 e. The predicted molar refractivity (Wildman–Crippen MR) is 94.2 cm³/mol.